The van der Waals surface area contributed by atoms with Crippen LogP contribution in [0.5, 0.6) is 11.5 Å². The van der Waals surface area contributed by atoms with E-state index in [4.69, 9.17) is 5.26 Å². The lowest BCUT2D eigenvalue weighted by molar-refractivity contribution is 0.448. The van der Waals surface area contributed by atoms with Gasteiger partial charge in [0.05, 0.1) is 11.6 Å². The molecule has 0 aliphatic heterocycles. The van der Waals surface area contributed by atoms with Gasteiger partial charge in [-0.15, -0.1) is 0 Å². The van der Waals surface area contributed by atoms with Gasteiger partial charge >= 0.3 is 0 Å². The van der Waals surface area contributed by atoms with Crippen molar-refractivity contribution in [1.82, 2.24) is 0 Å². The number of halogens is 1. The molecule has 2 rings (SSSR count). The van der Waals surface area contributed by atoms with Crippen LogP contribution in [0.1, 0.15) is 29.7 Å². The average molecular weight is 286 g/mol. The molecule has 4 nitrogen and oxygen atoms in total. The molecule has 0 saturated heterocycles. The highest BCUT2D eigenvalue weighted by molar-refractivity contribution is 5.57. The zero-order chi connectivity index (χ0) is 15.6. The van der Waals surface area contributed by atoms with E-state index in [2.05, 4.69) is 5.32 Å². The van der Waals surface area contributed by atoms with Crippen molar-refractivity contribution in [2.45, 2.75) is 19.9 Å². The van der Waals surface area contributed by atoms with Crippen molar-refractivity contribution < 1.29 is 14.6 Å². The Bertz CT molecular complexity index is 703. The van der Waals surface area contributed by atoms with E-state index in [9.17, 15) is 14.6 Å². The van der Waals surface area contributed by atoms with Crippen molar-refractivity contribution >= 4 is 5.69 Å². The lowest BCUT2D eigenvalue weighted by atomic mass is 10.0. The predicted octanol–water partition coefficient (Wildman–Crippen LogP) is 3.59. The number of aromatic hydroxyl groups is 2. The van der Waals surface area contributed by atoms with Crippen LogP contribution in [0.2, 0.25) is 0 Å². The third-order valence-corrected chi connectivity index (χ3v) is 3.27. The van der Waals surface area contributed by atoms with E-state index in [1.807, 2.05) is 13.0 Å². The second kappa shape index (κ2) is 5.71. The number of rotatable bonds is 3. The molecule has 0 heterocycles. The van der Waals surface area contributed by atoms with Crippen LogP contribution in [-0.4, -0.2) is 10.2 Å². The minimum atomic E-state index is -0.456. The van der Waals surface area contributed by atoms with Crippen LogP contribution < -0.4 is 5.32 Å². The van der Waals surface area contributed by atoms with E-state index < -0.39 is 5.82 Å². The number of phenolic OH excluding ortho intramolecular Hbond substituents is 2. The van der Waals surface area contributed by atoms with Crippen molar-refractivity contribution in [2.75, 3.05) is 5.32 Å². The fourth-order valence-corrected chi connectivity index (χ4v) is 2.08. The molecule has 0 bridgehead atoms. The number of benzene rings is 2. The first-order valence-corrected chi connectivity index (χ1v) is 6.40. The normalized spacial score (nSPS) is 11.7. The van der Waals surface area contributed by atoms with Gasteiger partial charge in [0.1, 0.15) is 17.3 Å². The summed E-state index contributed by atoms with van der Waals surface area (Å²) in [6.07, 6.45) is 0. The number of nitrogens with one attached hydrogen (secondary N) is 1. The smallest absolute Gasteiger partial charge is 0.129 e. The predicted molar refractivity (Wildman–Crippen MR) is 77.7 cm³/mol. The number of hydrogen-bond donors (Lipinski definition) is 3. The molecule has 2 aromatic rings. The summed E-state index contributed by atoms with van der Waals surface area (Å²) in [5.41, 5.74) is 1.79. The van der Waals surface area contributed by atoms with Crippen LogP contribution >= 0.6 is 0 Å². The maximum Gasteiger partial charge on any atom is 0.129 e. The molecule has 0 amide bonds. The Morgan fingerprint density at radius 2 is 1.76 bits per heavy atom. The molecule has 0 radical (unpaired) electrons. The highest BCUT2D eigenvalue weighted by Crippen LogP contribution is 2.29. The quantitative estimate of drug-likeness (QED) is 0.806. The number of phenols is 2. The molecular formula is C16H15FN2O2. The maximum atomic E-state index is 13.7. The van der Waals surface area contributed by atoms with Gasteiger partial charge in [-0.2, -0.15) is 5.26 Å². The van der Waals surface area contributed by atoms with Crippen LogP contribution in [0.4, 0.5) is 10.1 Å². The van der Waals surface area contributed by atoms with E-state index in [1.54, 1.807) is 13.0 Å². The standard InChI is InChI=1S/C16H15FN2O2/c1-9-15(17)3-11(8-18)4-16(9)19-10(2)12-5-13(20)7-14(21)6-12/h3-7,10,19-21H,1-2H3. The highest BCUT2D eigenvalue weighted by Gasteiger charge is 2.12. The number of anilines is 1. The fourth-order valence-electron chi connectivity index (χ4n) is 2.08. The molecule has 1 atom stereocenters. The van der Waals surface area contributed by atoms with E-state index in [-0.39, 0.29) is 23.1 Å². The van der Waals surface area contributed by atoms with Gasteiger partial charge in [0.2, 0.25) is 0 Å². The van der Waals surface area contributed by atoms with Crippen molar-refractivity contribution in [3.8, 4) is 17.6 Å². The molecular weight excluding hydrogens is 271 g/mol. The molecule has 108 valence electrons. The zero-order valence-electron chi connectivity index (χ0n) is 11.7. The summed E-state index contributed by atoms with van der Waals surface area (Å²) >= 11 is 0. The maximum absolute atomic E-state index is 13.7. The topological polar surface area (TPSA) is 76.3 Å². The Balaban J connectivity index is 2.33. The monoisotopic (exact) mass is 286 g/mol. The largest absolute Gasteiger partial charge is 0.508 e. The first-order valence-electron chi connectivity index (χ1n) is 6.40. The zero-order valence-corrected chi connectivity index (χ0v) is 11.7. The Morgan fingerprint density at radius 1 is 1.14 bits per heavy atom. The number of hydrogen-bond acceptors (Lipinski definition) is 4. The summed E-state index contributed by atoms with van der Waals surface area (Å²) in [6, 6.07) is 8.63. The summed E-state index contributed by atoms with van der Waals surface area (Å²) in [5, 5.41) is 31.0. The van der Waals surface area contributed by atoms with Crippen LogP contribution in [0.3, 0.4) is 0 Å². The van der Waals surface area contributed by atoms with E-state index in [0.29, 0.717) is 16.8 Å². The Hall–Kier alpha value is -2.74. The Labute approximate surface area is 122 Å². The SMILES string of the molecule is Cc1c(F)cc(C#N)cc1NC(C)c1cc(O)cc(O)c1. The summed E-state index contributed by atoms with van der Waals surface area (Å²) in [5.74, 6) is -0.554. The average Bonchev–Trinajstić information content (AvgIpc) is 2.42. The van der Waals surface area contributed by atoms with Crippen molar-refractivity contribution in [3.05, 3.63) is 52.8 Å². The fraction of sp³-hybridized carbons (Fsp3) is 0.188. The lowest BCUT2D eigenvalue weighted by Gasteiger charge is -2.18. The summed E-state index contributed by atoms with van der Waals surface area (Å²) in [4.78, 5) is 0. The van der Waals surface area contributed by atoms with Gasteiger partial charge in [-0.1, -0.05) is 0 Å². The molecule has 0 aliphatic carbocycles. The van der Waals surface area contributed by atoms with E-state index >= 15 is 0 Å². The number of nitriles is 1. The molecule has 5 heteroatoms. The first-order chi connectivity index (χ1) is 9.90. The van der Waals surface area contributed by atoms with Crippen molar-refractivity contribution in [2.24, 2.45) is 0 Å². The second-order valence-electron chi connectivity index (χ2n) is 4.89. The lowest BCUT2D eigenvalue weighted by Crippen LogP contribution is -2.08. The molecule has 0 aromatic heterocycles. The van der Waals surface area contributed by atoms with Crippen molar-refractivity contribution in [3.63, 3.8) is 0 Å². The molecule has 0 fully saturated rings. The van der Waals surface area contributed by atoms with Gasteiger partial charge < -0.3 is 15.5 Å². The third-order valence-electron chi connectivity index (χ3n) is 3.27. The van der Waals surface area contributed by atoms with Gasteiger partial charge in [-0.3, -0.25) is 0 Å². The van der Waals surface area contributed by atoms with Crippen molar-refractivity contribution in [1.29, 1.82) is 5.26 Å². The molecule has 3 N–H and O–H groups in total. The molecule has 21 heavy (non-hydrogen) atoms. The van der Waals surface area contributed by atoms with Gasteiger partial charge in [-0.05, 0) is 43.7 Å². The second-order valence-corrected chi connectivity index (χ2v) is 4.89. The van der Waals surface area contributed by atoms with Gasteiger partial charge in [0, 0.05) is 23.4 Å². The minimum Gasteiger partial charge on any atom is -0.508 e. The molecule has 2 aromatic carbocycles. The van der Waals surface area contributed by atoms with Gasteiger partial charge in [0.15, 0.2) is 0 Å². The Kier molecular flexibility index (Phi) is 3.99. The van der Waals surface area contributed by atoms with Crippen LogP contribution in [-0.2, 0) is 0 Å². The van der Waals surface area contributed by atoms with E-state index in [0.717, 1.165) is 0 Å². The van der Waals surface area contributed by atoms with Crippen LogP contribution in [0, 0.1) is 24.1 Å². The summed E-state index contributed by atoms with van der Waals surface area (Å²) < 4.78 is 13.7. The third kappa shape index (κ3) is 3.23. The highest BCUT2D eigenvalue weighted by atomic mass is 19.1. The summed E-state index contributed by atoms with van der Waals surface area (Å²) in [6.45, 7) is 3.43. The Morgan fingerprint density at radius 3 is 2.33 bits per heavy atom. The van der Waals surface area contributed by atoms with Gasteiger partial charge in [0.25, 0.3) is 0 Å². The van der Waals surface area contributed by atoms with Gasteiger partial charge in [-0.25, -0.2) is 4.39 Å². The molecule has 1 unspecified atom stereocenters. The van der Waals surface area contributed by atoms with E-state index in [1.165, 1.54) is 24.3 Å². The molecule has 0 spiro atoms. The molecule has 0 aliphatic rings. The van der Waals surface area contributed by atoms with Crippen LogP contribution in [0.25, 0.3) is 0 Å². The van der Waals surface area contributed by atoms with Crippen LogP contribution in [0.15, 0.2) is 30.3 Å². The number of nitrogens with zero attached hydrogens (tertiary/aromatic N) is 1. The minimum absolute atomic E-state index is 0.0488. The summed E-state index contributed by atoms with van der Waals surface area (Å²) in [7, 11) is 0. The first kappa shape index (κ1) is 14.7. The molecule has 0 saturated carbocycles.